The minimum Gasteiger partial charge on any atom is -0.497 e. The lowest BCUT2D eigenvalue weighted by molar-refractivity contribution is 0.415. The van der Waals surface area contributed by atoms with Gasteiger partial charge in [0, 0.05) is 18.5 Å². The summed E-state index contributed by atoms with van der Waals surface area (Å²) < 4.78 is 5.18. The van der Waals surface area contributed by atoms with Crippen molar-refractivity contribution in [2.75, 3.05) is 25.1 Å². The zero-order chi connectivity index (χ0) is 12.5. The van der Waals surface area contributed by atoms with Crippen LogP contribution in [0.5, 0.6) is 5.75 Å². The van der Waals surface area contributed by atoms with E-state index in [9.17, 15) is 5.26 Å². The first-order chi connectivity index (χ1) is 8.81. The van der Waals surface area contributed by atoms with E-state index in [-0.39, 0.29) is 0 Å². The van der Waals surface area contributed by atoms with Crippen molar-refractivity contribution in [3.63, 3.8) is 0 Å². The maximum Gasteiger partial charge on any atom is 0.147 e. The molecule has 0 atom stereocenters. The number of methoxy groups -OCH3 is 1. The van der Waals surface area contributed by atoms with Gasteiger partial charge in [-0.25, -0.2) is 4.98 Å². The maximum atomic E-state index is 9.22. The van der Waals surface area contributed by atoms with Crippen molar-refractivity contribution >= 4 is 16.7 Å². The molecule has 1 saturated heterocycles. The zero-order valence-corrected chi connectivity index (χ0v) is 10.2. The van der Waals surface area contributed by atoms with Crippen LogP contribution in [0.2, 0.25) is 0 Å². The van der Waals surface area contributed by atoms with E-state index < -0.39 is 0 Å². The Balaban J connectivity index is 2.17. The zero-order valence-electron chi connectivity index (χ0n) is 10.2. The highest BCUT2D eigenvalue weighted by Crippen LogP contribution is 2.28. The van der Waals surface area contributed by atoms with Crippen molar-refractivity contribution < 1.29 is 4.74 Å². The highest BCUT2D eigenvalue weighted by molar-refractivity contribution is 5.84. The Morgan fingerprint density at radius 1 is 1.33 bits per heavy atom. The van der Waals surface area contributed by atoms with Gasteiger partial charge in [-0.15, -0.1) is 0 Å². The summed E-state index contributed by atoms with van der Waals surface area (Å²) in [6.45, 7) is 1.98. The van der Waals surface area contributed by atoms with Crippen molar-refractivity contribution in [3.8, 4) is 11.8 Å². The molecule has 4 heteroatoms. The average molecular weight is 239 g/mol. The number of nitriles is 1. The number of nitrogens with zero attached hydrogens (tertiary/aromatic N) is 3. The predicted molar refractivity (Wildman–Crippen MR) is 69.8 cm³/mol. The van der Waals surface area contributed by atoms with Crippen molar-refractivity contribution in [1.29, 1.82) is 5.26 Å². The summed E-state index contributed by atoms with van der Waals surface area (Å²) in [5.74, 6) is 1.59. The van der Waals surface area contributed by atoms with E-state index in [0.29, 0.717) is 5.56 Å². The number of pyridine rings is 1. The summed E-state index contributed by atoms with van der Waals surface area (Å²) in [4.78, 5) is 6.73. The van der Waals surface area contributed by atoms with Crippen LogP contribution in [-0.2, 0) is 0 Å². The van der Waals surface area contributed by atoms with E-state index in [1.165, 1.54) is 6.42 Å². The minimum atomic E-state index is 0.635. The van der Waals surface area contributed by atoms with E-state index >= 15 is 0 Å². The third-order valence-corrected chi connectivity index (χ3v) is 3.28. The van der Waals surface area contributed by atoms with Crippen LogP contribution in [0.15, 0.2) is 24.3 Å². The van der Waals surface area contributed by atoms with Crippen molar-refractivity contribution in [3.05, 3.63) is 29.8 Å². The minimum absolute atomic E-state index is 0.635. The lowest BCUT2D eigenvalue weighted by Crippen LogP contribution is -2.38. The molecule has 1 aliphatic heterocycles. The molecule has 18 heavy (non-hydrogen) atoms. The molecule has 3 rings (SSSR count). The first-order valence-corrected chi connectivity index (χ1v) is 5.95. The van der Waals surface area contributed by atoms with Crippen LogP contribution < -0.4 is 9.64 Å². The quantitative estimate of drug-likeness (QED) is 0.807. The molecule has 2 heterocycles. The molecule has 0 bridgehead atoms. The second-order valence-electron chi connectivity index (χ2n) is 4.37. The molecular weight excluding hydrogens is 226 g/mol. The molecule has 0 spiro atoms. The molecule has 0 unspecified atom stereocenters. The van der Waals surface area contributed by atoms with Crippen molar-refractivity contribution in [2.45, 2.75) is 6.42 Å². The summed E-state index contributed by atoms with van der Waals surface area (Å²) in [6, 6.07) is 9.84. The molecule has 1 aromatic heterocycles. The molecule has 1 fully saturated rings. The number of hydrogen-bond donors (Lipinski definition) is 0. The highest BCUT2D eigenvalue weighted by Gasteiger charge is 2.19. The maximum absolute atomic E-state index is 9.22. The van der Waals surface area contributed by atoms with Crippen LogP contribution >= 0.6 is 0 Å². The van der Waals surface area contributed by atoms with Gasteiger partial charge in [0.05, 0.1) is 18.2 Å². The topological polar surface area (TPSA) is 49.1 Å². The van der Waals surface area contributed by atoms with Gasteiger partial charge in [0.2, 0.25) is 0 Å². The van der Waals surface area contributed by atoms with E-state index in [1.54, 1.807) is 7.11 Å². The third kappa shape index (κ3) is 1.65. The normalized spacial score (nSPS) is 14.1. The Morgan fingerprint density at radius 2 is 2.17 bits per heavy atom. The van der Waals surface area contributed by atoms with Gasteiger partial charge in [0.15, 0.2) is 0 Å². The van der Waals surface area contributed by atoms with Crippen molar-refractivity contribution in [1.82, 2.24) is 4.98 Å². The number of anilines is 1. The van der Waals surface area contributed by atoms with Gasteiger partial charge in [-0.05, 0) is 30.7 Å². The summed E-state index contributed by atoms with van der Waals surface area (Å²) >= 11 is 0. The monoisotopic (exact) mass is 239 g/mol. The first-order valence-electron chi connectivity index (χ1n) is 5.95. The van der Waals surface area contributed by atoms with E-state index in [4.69, 9.17) is 4.74 Å². The molecule has 0 aliphatic carbocycles. The molecule has 2 aromatic rings. The Kier molecular flexibility index (Phi) is 2.52. The molecular formula is C14H13N3O. The molecule has 0 N–H and O–H groups in total. The molecule has 0 saturated carbocycles. The Bertz CT molecular complexity index is 641. The fourth-order valence-corrected chi connectivity index (χ4v) is 2.12. The number of hydrogen-bond acceptors (Lipinski definition) is 4. The van der Waals surface area contributed by atoms with E-state index in [0.717, 1.165) is 35.6 Å². The lowest BCUT2D eigenvalue weighted by atomic mass is 10.1. The highest BCUT2D eigenvalue weighted by atomic mass is 16.5. The molecule has 0 amide bonds. The fraction of sp³-hybridized carbons (Fsp3) is 0.286. The fourth-order valence-electron chi connectivity index (χ4n) is 2.12. The number of rotatable bonds is 2. The van der Waals surface area contributed by atoms with Gasteiger partial charge in [-0.1, -0.05) is 0 Å². The third-order valence-electron chi connectivity index (χ3n) is 3.28. The van der Waals surface area contributed by atoms with E-state index in [2.05, 4.69) is 16.0 Å². The van der Waals surface area contributed by atoms with Gasteiger partial charge in [0.25, 0.3) is 0 Å². The van der Waals surface area contributed by atoms with Crippen LogP contribution in [0.25, 0.3) is 10.9 Å². The van der Waals surface area contributed by atoms with Gasteiger partial charge in [0.1, 0.15) is 17.6 Å². The molecule has 4 nitrogen and oxygen atoms in total. The molecule has 90 valence electrons. The van der Waals surface area contributed by atoms with Gasteiger partial charge < -0.3 is 9.64 Å². The van der Waals surface area contributed by atoms with Gasteiger partial charge in [-0.2, -0.15) is 5.26 Å². The summed E-state index contributed by atoms with van der Waals surface area (Å²) in [5, 5.41) is 10.2. The number of benzene rings is 1. The van der Waals surface area contributed by atoms with Crippen LogP contribution in [-0.4, -0.2) is 25.2 Å². The van der Waals surface area contributed by atoms with E-state index in [1.807, 2.05) is 24.3 Å². The second-order valence-corrected chi connectivity index (χ2v) is 4.37. The number of aromatic nitrogens is 1. The molecule has 1 aromatic carbocycles. The SMILES string of the molecule is COc1ccc2nc(N3CCC3)c(C#N)cc2c1. The Labute approximate surface area is 105 Å². The number of fused-ring (bicyclic) bond motifs is 1. The smallest absolute Gasteiger partial charge is 0.147 e. The first kappa shape index (κ1) is 10.8. The predicted octanol–water partition coefficient (Wildman–Crippen LogP) is 2.33. The van der Waals surface area contributed by atoms with Gasteiger partial charge in [-0.3, -0.25) is 0 Å². The van der Waals surface area contributed by atoms with Crippen LogP contribution in [0.4, 0.5) is 5.82 Å². The van der Waals surface area contributed by atoms with Crippen LogP contribution in [0.3, 0.4) is 0 Å². The molecule has 1 aliphatic rings. The summed E-state index contributed by atoms with van der Waals surface area (Å²) in [6.07, 6.45) is 1.17. The van der Waals surface area contributed by atoms with Crippen LogP contribution in [0, 0.1) is 11.3 Å². The van der Waals surface area contributed by atoms with Crippen molar-refractivity contribution in [2.24, 2.45) is 0 Å². The van der Waals surface area contributed by atoms with Crippen LogP contribution in [0.1, 0.15) is 12.0 Å². The Hall–Kier alpha value is -2.28. The summed E-state index contributed by atoms with van der Waals surface area (Å²) in [7, 11) is 1.63. The second kappa shape index (κ2) is 4.19. The van der Waals surface area contributed by atoms with Gasteiger partial charge >= 0.3 is 0 Å². The average Bonchev–Trinajstić information content (AvgIpc) is 2.35. The lowest BCUT2D eigenvalue weighted by Gasteiger charge is -2.32. The Morgan fingerprint density at radius 3 is 2.78 bits per heavy atom. The summed E-state index contributed by atoms with van der Waals surface area (Å²) in [5.41, 5.74) is 1.53. The molecule has 0 radical (unpaired) electrons. The standard InChI is InChI=1S/C14H13N3O/c1-18-12-3-4-13-10(8-12)7-11(9-15)14(16-13)17-5-2-6-17/h3-4,7-8H,2,5-6H2,1H3. The largest absolute Gasteiger partial charge is 0.497 e. The number of ether oxygens (including phenoxy) is 1.